The van der Waals surface area contributed by atoms with Gasteiger partial charge in [-0.2, -0.15) is 4.99 Å². The highest BCUT2D eigenvalue weighted by molar-refractivity contribution is 7.78. The fraction of sp³-hybridized carbons (Fsp3) is 0.292. The number of aryl methyl sites for hydroxylation is 2. The highest BCUT2D eigenvalue weighted by Crippen LogP contribution is 2.25. The molecule has 1 aliphatic rings. The van der Waals surface area contributed by atoms with Gasteiger partial charge in [0.25, 0.3) is 0 Å². The molecule has 0 bridgehead atoms. The van der Waals surface area contributed by atoms with E-state index in [4.69, 9.17) is 12.2 Å². The first kappa shape index (κ1) is 18.3. The van der Waals surface area contributed by atoms with Crippen molar-refractivity contribution in [2.24, 2.45) is 4.99 Å². The zero-order valence-corrected chi connectivity index (χ0v) is 16.0. The molecular weight excluding hydrogens is 334 g/mol. The lowest BCUT2D eigenvalue weighted by atomic mass is 9.94. The Labute approximate surface area is 161 Å². The summed E-state index contributed by atoms with van der Waals surface area (Å²) in [4.78, 5) is 4.11. The molecule has 3 rings (SSSR count). The van der Waals surface area contributed by atoms with Gasteiger partial charge < -0.3 is 0 Å². The summed E-state index contributed by atoms with van der Waals surface area (Å²) in [6, 6.07) is 15.1. The van der Waals surface area contributed by atoms with Gasteiger partial charge in [-0.25, -0.2) is 0 Å². The van der Waals surface area contributed by atoms with Gasteiger partial charge in [0.2, 0.25) is 0 Å². The fourth-order valence-corrected chi connectivity index (χ4v) is 3.30. The molecule has 2 aromatic rings. The van der Waals surface area contributed by atoms with E-state index in [0.29, 0.717) is 0 Å². The van der Waals surface area contributed by atoms with Crippen molar-refractivity contribution < 1.29 is 0 Å². The van der Waals surface area contributed by atoms with Crippen molar-refractivity contribution in [3.8, 4) is 11.8 Å². The molecule has 2 heteroatoms. The number of isothiocyanates is 1. The minimum Gasteiger partial charge on any atom is -0.199 e. The van der Waals surface area contributed by atoms with Crippen molar-refractivity contribution in [3.63, 3.8) is 0 Å². The van der Waals surface area contributed by atoms with Crippen molar-refractivity contribution in [1.29, 1.82) is 0 Å². The fourth-order valence-electron chi connectivity index (χ4n) is 3.18. The van der Waals surface area contributed by atoms with Crippen molar-refractivity contribution in [1.82, 2.24) is 0 Å². The van der Waals surface area contributed by atoms with Gasteiger partial charge in [0.1, 0.15) is 0 Å². The Morgan fingerprint density at radius 2 is 1.73 bits per heavy atom. The summed E-state index contributed by atoms with van der Waals surface area (Å²) in [7, 11) is 0. The third-order valence-corrected chi connectivity index (χ3v) is 4.77. The molecule has 130 valence electrons. The van der Waals surface area contributed by atoms with Gasteiger partial charge in [-0.1, -0.05) is 49.8 Å². The van der Waals surface area contributed by atoms with Crippen molar-refractivity contribution in [3.05, 3.63) is 76.0 Å². The van der Waals surface area contributed by atoms with E-state index in [9.17, 15) is 0 Å². The molecule has 0 saturated carbocycles. The number of hydrogen-bond acceptors (Lipinski definition) is 2. The Morgan fingerprint density at radius 3 is 2.50 bits per heavy atom. The number of fused-ring (bicyclic) bond motifs is 1. The Kier molecular flexibility index (Phi) is 6.56. The van der Waals surface area contributed by atoms with Crippen LogP contribution < -0.4 is 0 Å². The Morgan fingerprint density at radius 1 is 0.962 bits per heavy atom. The predicted molar refractivity (Wildman–Crippen MR) is 113 cm³/mol. The second-order valence-electron chi connectivity index (χ2n) is 6.66. The molecule has 0 spiro atoms. The van der Waals surface area contributed by atoms with E-state index < -0.39 is 0 Å². The molecule has 0 heterocycles. The van der Waals surface area contributed by atoms with Crippen LogP contribution in [0.3, 0.4) is 0 Å². The molecule has 2 aromatic carbocycles. The average Bonchev–Trinajstić information content (AvgIpc) is 2.68. The molecule has 0 amide bonds. The quantitative estimate of drug-likeness (QED) is 0.268. The lowest BCUT2D eigenvalue weighted by molar-refractivity contribution is 0.717. The van der Waals surface area contributed by atoms with Crippen molar-refractivity contribution in [2.75, 3.05) is 0 Å². The van der Waals surface area contributed by atoms with Crippen LogP contribution in [0.15, 0.2) is 53.2 Å². The van der Waals surface area contributed by atoms with Gasteiger partial charge in [0.05, 0.1) is 10.9 Å². The molecule has 1 nitrogen and oxygen atoms in total. The molecule has 0 N–H and O–H groups in total. The van der Waals surface area contributed by atoms with E-state index in [1.165, 1.54) is 36.0 Å². The lowest BCUT2D eigenvalue weighted by Crippen LogP contribution is -1.98. The van der Waals surface area contributed by atoms with Gasteiger partial charge in [-0.15, -0.1) is 0 Å². The first-order chi connectivity index (χ1) is 12.8. The second-order valence-corrected chi connectivity index (χ2v) is 6.84. The minimum atomic E-state index is 0.910. The Bertz CT molecular complexity index is 903. The lowest BCUT2D eigenvalue weighted by Gasteiger charge is -2.13. The molecule has 0 saturated heterocycles. The third-order valence-electron chi connectivity index (χ3n) is 4.68. The molecule has 0 radical (unpaired) electrons. The Balaban J connectivity index is 1.70. The topological polar surface area (TPSA) is 12.4 Å². The SMILES string of the molecule is CCCCCc1ccc(C#Cc2ccc3c(c2)CCC(N=C=S)=C3)cc1. The minimum absolute atomic E-state index is 0.910. The summed E-state index contributed by atoms with van der Waals surface area (Å²) in [5.41, 5.74) is 7.07. The molecule has 0 atom stereocenters. The second kappa shape index (κ2) is 9.30. The van der Waals surface area contributed by atoms with Gasteiger partial charge in [0.15, 0.2) is 0 Å². The van der Waals surface area contributed by atoms with Crippen LogP contribution in [0.25, 0.3) is 6.08 Å². The first-order valence-corrected chi connectivity index (χ1v) is 9.71. The number of thiocarbonyl (C=S) groups is 1. The third kappa shape index (κ3) is 5.02. The summed E-state index contributed by atoms with van der Waals surface area (Å²) in [6.07, 6.45) is 8.97. The molecule has 0 fully saturated rings. The normalized spacial score (nSPS) is 12.3. The molecule has 0 aromatic heterocycles. The van der Waals surface area contributed by atoms with E-state index in [1.807, 2.05) is 0 Å². The standard InChI is InChI=1S/C24H23NS/c1-2-3-4-5-19-6-8-20(9-7-19)10-11-21-12-13-23-17-24(25-18-26)15-14-22(23)16-21/h6-9,12-13,16-17H,2-5,14-15H2,1H3. The molecular formula is C24H23NS. The molecule has 0 unspecified atom stereocenters. The van der Waals surface area contributed by atoms with E-state index in [-0.39, 0.29) is 0 Å². The first-order valence-electron chi connectivity index (χ1n) is 9.31. The van der Waals surface area contributed by atoms with E-state index in [1.54, 1.807) is 0 Å². The van der Waals surface area contributed by atoms with E-state index >= 15 is 0 Å². The number of unbranched alkanes of at least 4 members (excludes halogenated alkanes) is 2. The van der Waals surface area contributed by atoms with Crippen LogP contribution in [0.5, 0.6) is 0 Å². The zero-order valence-electron chi connectivity index (χ0n) is 15.2. The largest absolute Gasteiger partial charge is 0.199 e. The summed E-state index contributed by atoms with van der Waals surface area (Å²) in [5, 5.41) is 2.45. The average molecular weight is 358 g/mol. The van der Waals surface area contributed by atoms with Gasteiger partial charge in [-0.05, 0) is 84.9 Å². The number of nitrogens with zero attached hydrogens (tertiary/aromatic N) is 1. The van der Waals surface area contributed by atoms with Gasteiger partial charge in [-0.3, -0.25) is 0 Å². The maximum Gasteiger partial charge on any atom is 0.0637 e. The number of aliphatic imine (C=N–C) groups is 1. The summed E-state index contributed by atoms with van der Waals surface area (Å²) in [5.74, 6) is 6.58. The molecule has 1 aliphatic carbocycles. The Hall–Kier alpha value is -2.46. The summed E-state index contributed by atoms with van der Waals surface area (Å²) >= 11 is 4.69. The smallest absolute Gasteiger partial charge is 0.0637 e. The molecule has 26 heavy (non-hydrogen) atoms. The van der Waals surface area contributed by atoms with Crippen LogP contribution in [0, 0.1) is 11.8 Å². The van der Waals surface area contributed by atoms with Crippen LogP contribution in [-0.2, 0) is 12.8 Å². The predicted octanol–water partition coefficient (Wildman–Crippen LogP) is 6.21. The number of allylic oxidation sites excluding steroid dienone is 1. The van der Waals surface area contributed by atoms with E-state index in [0.717, 1.165) is 36.1 Å². The van der Waals surface area contributed by atoms with Crippen LogP contribution in [0.4, 0.5) is 0 Å². The molecule has 0 aliphatic heterocycles. The van der Waals surface area contributed by atoms with Gasteiger partial charge >= 0.3 is 0 Å². The maximum absolute atomic E-state index is 4.69. The van der Waals surface area contributed by atoms with Gasteiger partial charge in [0, 0.05) is 11.1 Å². The summed E-state index contributed by atoms with van der Waals surface area (Å²) in [6.45, 7) is 2.24. The van der Waals surface area contributed by atoms with Crippen molar-refractivity contribution in [2.45, 2.75) is 45.4 Å². The monoisotopic (exact) mass is 357 g/mol. The number of rotatable bonds is 5. The zero-order chi connectivity index (χ0) is 18.2. The maximum atomic E-state index is 4.69. The highest BCUT2D eigenvalue weighted by Gasteiger charge is 2.09. The van der Waals surface area contributed by atoms with Crippen LogP contribution in [0.2, 0.25) is 0 Å². The number of hydrogen-bond donors (Lipinski definition) is 0. The van der Waals surface area contributed by atoms with E-state index in [2.05, 4.69) is 77.5 Å². The highest BCUT2D eigenvalue weighted by atomic mass is 32.1. The van der Waals surface area contributed by atoms with Crippen LogP contribution >= 0.6 is 12.2 Å². The van der Waals surface area contributed by atoms with Crippen LogP contribution in [-0.4, -0.2) is 5.16 Å². The van der Waals surface area contributed by atoms with Crippen molar-refractivity contribution >= 4 is 23.5 Å². The number of benzene rings is 2. The van der Waals surface area contributed by atoms with Crippen LogP contribution in [0.1, 0.15) is 60.4 Å². The summed E-state index contributed by atoms with van der Waals surface area (Å²) < 4.78 is 0.